The van der Waals surface area contributed by atoms with Gasteiger partial charge in [-0.3, -0.25) is 9.69 Å². The lowest BCUT2D eigenvalue weighted by Crippen LogP contribution is -2.53. The van der Waals surface area contributed by atoms with E-state index in [2.05, 4.69) is 53.2 Å². The molecule has 0 bridgehead atoms. The number of piperazine rings is 1. The first-order chi connectivity index (χ1) is 13.1. The largest absolute Gasteiger partial charge is 0.492 e. The summed E-state index contributed by atoms with van der Waals surface area (Å²) in [5.74, 6) is 0.712. The first-order valence-corrected chi connectivity index (χ1v) is 9.64. The van der Waals surface area contributed by atoms with E-state index in [0.717, 1.165) is 25.3 Å². The second-order valence-electron chi connectivity index (χ2n) is 7.09. The Hall–Kier alpha value is -2.53. The molecule has 1 amide bonds. The molecule has 2 aromatic rings. The summed E-state index contributed by atoms with van der Waals surface area (Å²) in [4.78, 5) is 17.1. The Labute approximate surface area is 161 Å². The van der Waals surface area contributed by atoms with Crippen LogP contribution in [0.1, 0.15) is 19.4 Å². The number of hydrogen-bond acceptors (Lipinski definition) is 4. The second-order valence-corrected chi connectivity index (χ2v) is 7.09. The van der Waals surface area contributed by atoms with Gasteiger partial charge in [0.2, 0.25) is 5.91 Å². The predicted molar refractivity (Wildman–Crippen MR) is 111 cm³/mol. The molecule has 3 rings (SSSR count). The molecular formula is C22H29N3O2. The molecule has 5 heteroatoms. The minimum Gasteiger partial charge on any atom is -0.492 e. The number of para-hydroxylation sites is 2. The number of aryl methyl sites for hydroxylation is 1. The number of ether oxygens (including phenoxy) is 1. The van der Waals surface area contributed by atoms with Gasteiger partial charge in [0.25, 0.3) is 0 Å². The maximum absolute atomic E-state index is 12.5. The van der Waals surface area contributed by atoms with Gasteiger partial charge in [-0.05, 0) is 45.0 Å². The van der Waals surface area contributed by atoms with Gasteiger partial charge in [-0.2, -0.15) is 0 Å². The molecule has 0 spiro atoms. The normalized spacial score (nSPS) is 17.6. The van der Waals surface area contributed by atoms with E-state index in [1.54, 1.807) is 0 Å². The second kappa shape index (κ2) is 8.91. The van der Waals surface area contributed by atoms with E-state index >= 15 is 0 Å². The van der Waals surface area contributed by atoms with Crippen molar-refractivity contribution >= 4 is 17.3 Å². The van der Waals surface area contributed by atoms with Crippen LogP contribution in [0.15, 0.2) is 48.5 Å². The Morgan fingerprint density at radius 2 is 1.89 bits per heavy atom. The van der Waals surface area contributed by atoms with Crippen molar-refractivity contribution in [3.63, 3.8) is 0 Å². The number of carbonyl (C=O) groups is 1. The van der Waals surface area contributed by atoms with Crippen LogP contribution in [0.3, 0.4) is 0 Å². The summed E-state index contributed by atoms with van der Waals surface area (Å²) in [7, 11) is 0. The zero-order chi connectivity index (χ0) is 19.2. The van der Waals surface area contributed by atoms with Crippen molar-refractivity contribution in [3.8, 4) is 5.75 Å². The quantitative estimate of drug-likeness (QED) is 0.848. The van der Waals surface area contributed by atoms with Crippen molar-refractivity contribution in [1.29, 1.82) is 0 Å². The minimum atomic E-state index is -0.00172. The molecule has 27 heavy (non-hydrogen) atoms. The van der Waals surface area contributed by atoms with Crippen LogP contribution in [0.2, 0.25) is 0 Å². The van der Waals surface area contributed by atoms with Crippen molar-refractivity contribution in [2.24, 2.45) is 0 Å². The molecule has 0 aromatic heterocycles. The number of hydrogen-bond donors (Lipinski definition) is 1. The number of carbonyl (C=O) groups excluding carboxylic acids is 1. The molecular weight excluding hydrogens is 338 g/mol. The van der Waals surface area contributed by atoms with Gasteiger partial charge in [0.15, 0.2) is 0 Å². The van der Waals surface area contributed by atoms with Crippen molar-refractivity contribution in [1.82, 2.24) is 4.90 Å². The highest BCUT2D eigenvalue weighted by molar-refractivity contribution is 5.93. The van der Waals surface area contributed by atoms with Gasteiger partial charge in [0.05, 0.1) is 18.8 Å². The minimum absolute atomic E-state index is 0.00172. The fourth-order valence-corrected chi connectivity index (χ4v) is 3.54. The molecule has 1 atom stereocenters. The average molecular weight is 367 g/mol. The van der Waals surface area contributed by atoms with Gasteiger partial charge >= 0.3 is 0 Å². The van der Waals surface area contributed by atoms with Crippen LogP contribution in [0.25, 0.3) is 0 Å². The summed E-state index contributed by atoms with van der Waals surface area (Å²) in [6.07, 6.45) is 0. The van der Waals surface area contributed by atoms with Crippen molar-refractivity contribution in [2.75, 3.05) is 43.0 Å². The zero-order valence-corrected chi connectivity index (χ0v) is 16.4. The van der Waals surface area contributed by atoms with E-state index in [1.807, 2.05) is 31.2 Å². The molecule has 2 aromatic carbocycles. The standard InChI is InChI=1S/C22H29N3O2/c1-4-27-21-8-6-5-7-20(21)23-22(26)16-24-13-14-25(18(3)15-24)19-11-9-17(2)10-12-19/h5-12,18H,4,13-16H2,1-3H3,(H,23,26)/t18-/m1/s1. The lowest BCUT2D eigenvalue weighted by Gasteiger charge is -2.41. The van der Waals surface area contributed by atoms with Gasteiger partial charge in [0.1, 0.15) is 5.75 Å². The number of nitrogens with zero attached hydrogens (tertiary/aromatic N) is 2. The summed E-state index contributed by atoms with van der Waals surface area (Å²) in [5, 5.41) is 2.99. The molecule has 1 aliphatic rings. The Morgan fingerprint density at radius 3 is 2.59 bits per heavy atom. The van der Waals surface area contributed by atoms with Crippen LogP contribution >= 0.6 is 0 Å². The molecule has 1 saturated heterocycles. The summed E-state index contributed by atoms with van der Waals surface area (Å²) < 4.78 is 5.58. The summed E-state index contributed by atoms with van der Waals surface area (Å²) in [6.45, 7) is 9.90. The van der Waals surface area contributed by atoms with E-state index in [0.29, 0.717) is 24.9 Å². The van der Waals surface area contributed by atoms with Crippen LogP contribution < -0.4 is 15.0 Å². The van der Waals surface area contributed by atoms with Gasteiger partial charge < -0.3 is 15.0 Å². The monoisotopic (exact) mass is 367 g/mol. The van der Waals surface area contributed by atoms with Crippen LogP contribution in [0.5, 0.6) is 5.75 Å². The summed E-state index contributed by atoms with van der Waals surface area (Å²) in [5.41, 5.74) is 3.26. The number of rotatable bonds is 6. The van der Waals surface area contributed by atoms with Gasteiger partial charge in [0, 0.05) is 31.4 Å². The molecule has 1 N–H and O–H groups in total. The van der Waals surface area contributed by atoms with E-state index in [1.165, 1.54) is 11.3 Å². The maximum Gasteiger partial charge on any atom is 0.238 e. The molecule has 144 valence electrons. The smallest absolute Gasteiger partial charge is 0.238 e. The molecule has 0 aliphatic carbocycles. The number of anilines is 2. The number of benzene rings is 2. The Kier molecular flexibility index (Phi) is 6.35. The Bertz CT molecular complexity index is 760. The van der Waals surface area contributed by atoms with E-state index < -0.39 is 0 Å². The highest BCUT2D eigenvalue weighted by atomic mass is 16.5. The van der Waals surface area contributed by atoms with E-state index in [9.17, 15) is 4.79 Å². The fourth-order valence-electron chi connectivity index (χ4n) is 3.54. The van der Waals surface area contributed by atoms with Crippen LogP contribution in [0.4, 0.5) is 11.4 Å². The SMILES string of the molecule is CCOc1ccccc1NC(=O)CN1CCN(c2ccc(C)cc2)[C@H](C)C1. The molecule has 5 nitrogen and oxygen atoms in total. The van der Waals surface area contributed by atoms with E-state index in [4.69, 9.17) is 4.74 Å². The van der Waals surface area contributed by atoms with Gasteiger partial charge in [-0.15, -0.1) is 0 Å². The van der Waals surface area contributed by atoms with Crippen molar-refractivity contribution in [3.05, 3.63) is 54.1 Å². The molecule has 1 aliphatic heterocycles. The third-order valence-electron chi connectivity index (χ3n) is 4.91. The predicted octanol–water partition coefficient (Wildman–Crippen LogP) is 3.54. The van der Waals surface area contributed by atoms with Gasteiger partial charge in [-0.1, -0.05) is 29.8 Å². The van der Waals surface area contributed by atoms with Crippen LogP contribution in [-0.2, 0) is 4.79 Å². The van der Waals surface area contributed by atoms with E-state index in [-0.39, 0.29) is 5.91 Å². The number of nitrogens with one attached hydrogen (secondary N) is 1. The first-order valence-electron chi connectivity index (χ1n) is 9.64. The van der Waals surface area contributed by atoms with Gasteiger partial charge in [-0.25, -0.2) is 0 Å². The zero-order valence-electron chi connectivity index (χ0n) is 16.4. The number of amides is 1. The lowest BCUT2D eigenvalue weighted by atomic mass is 10.1. The summed E-state index contributed by atoms with van der Waals surface area (Å²) >= 11 is 0. The first kappa shape index (κ1) is 19.2. The molecule has 1 fully saturated rings. The molecule has 0 radical (unpaired) electrons. The maximum atomic E-state index is 12.5. The molecule has 0 unspecified atom stereocenters. The van der Waals surface area contributed by atoms with Crippen LogP contribution in [-0.4, -0.2) is 49.6 Å². The molecule has 0 saturated carbocycles. The Morgan fingerprint density at radius 1 is 1.15 bits per heavy atom. The Balaban J connectivity index is 1.55. The fraction of sp³-hybridized carbons (Fsp3) is 0.409. The summed E-state index contributed by atoms with van der Waals surface area (Å²) in [6, 6.07) is 16.6. The third-order valence-corrected chi connectivity index (χ3v) is 4.91. The third kappa shape index (κ3) is 5.01. The molecule has 1 heterocycles. The van der Waals surface area contributed by atoms with Crippen LogP contribution in [0, 0.1) is 6.92 Å². The highest BCUT2D eigenvalue weighted by Crippen LogP contribution is 2.24. The average Bonchev–Trinajstić information content (AvgIpc) is 2.65. The van der Waals surface area contributed by atoms with Crippen molar-refractivity contribution in [2.45, 2.75) is 26.8 Å². The van der Waals surface area contributed by atoms with Crippen molar-refractivity contribution < 1.29 is 9.53 Å². The lowest BCUT2D eigenvalue weighted by molar-refractivity contribution is -0.117. The topological polar surface area (TPSA) is 44.8 Å². The highest BCUT2D eigenvalue weighted by Gasteiger charge is 2.25.